The van der Waals surface area contributed by atoms with E-state index in [1.54, 1.807) is 12.0 Å². The SMILES string of the molecule is CCOc1ccccc1CN1C(=O)c2cc3ccccc3n2C[C@]1(C)C(=O)NCc1ccccc1OC. The van der Waals surface area contributed by atoms with Gasteiger partial charge in [0.25, 0.3) is 5.91 Å². The predicted molar refractivity (Wildman–Crippen MR) is 143 cm³/mol. The van der Waals surface area contributed by atoms with Crippen LogP contribution in [0.1, 0.15) is 35.5 Å². The minimum Gasteiger partial charge on any atom is -0.496 e. The van der Waals surface area contributed by atoms with Crippen LogP contribution in [0.3, 0.4) is 0 Å². The van der Waals surface area contributed by atoms with E-state index in [4.69, 9.17) is 9.47 Å². The number of para-hydroxylation sites is 3. The number of ether oxygens (including phenoxy) is 2. The molecule has 0 radical (unpaired) electrons. The first-order chi connectivity index (χ1) is 18.0. The molecule has 2 amide bonds. The van der Waals surface area contributed by atoms with Gasteiger partial charge in [-0.1, -0.05) is 54.6 Å². The zero-order valence-electron chi connectivity index (χ0n) is 21.4. The van der Waals surface area contributed by atoms with Crippen LogP contribution in [0.15, 0.2) is 78.9 Å². The molecule has 1 aliphatic rings. The summed E-state index contributed by atoms with van der Waals surface area (Å²) in [5, 5.41) is 4.05. The average Bonchev–Trinajstić information content (AvgIpc) is 3.29. The molecule has 0 bridgehead atoms. The maximum atomic E-state index is 14.0. The van der Waals surface area contributed by atoms with E-state index in [2.05, 4.69) is 5.32 Å². The van der Waals surface area contributed by atoms with Crippen LogP contribution in [-0.4, -0.2) is 40.5 Å². The van der Waals surface area contributed by atoms with Gasteiger partial charge in [-0.25, -0.2) is 0 Å². The Morgan fingerprint density at radius 1 is 0.973 bits per heavy atom. The van der Waals surface area contributed by atoms with E-state index in [0.717, 1.165) is 22.0 Å². The van der Waals surface area contributed by atoms with Crippen molar-refractivity contribution in [1.29, 1.82) is 0 Å². The van der Waals surface area contributed by atoms with E-state index < -0.39 is 5.54 Å². The van der Waals surface area contributed by atoms with Crippen molar-refractivity contribution in [2.45, 2.75) is 39.0 Å². The summed E-state index contributed by atoms with van der Waals surface area (Å²) in [6, 6.07) is 25.0. The summed E-state index contributed by atoms with van der Waals surface area (Å²) in [6.45, 7) is 5.14. The van der Waals surface area contributed by atoms with Gasteiger partial charge >= 0.3 is 0 Å². The van der Waals surface area contributed by atoms with Crippen molar-refractivity contribution in [1.82, 2.24) is 14.8 Å². The van der Waals surface area contributed by atoms with E-state index in [9.17, 15) is 9.59 Å². The number of amides is 2. The topological polar surface area (TPSA) is 72.8 Å². The van der Waals surface area contributed by atoms with Crippen LogP contribution < -0.4 is 14.8 Å². The maximum Gasteiger partial charge on any atom is 0.271 e. The number of nitrogens with one attached hydrogen (secondary N) is 1. The van der Waals surface area contributed by atoms with Gasteiger partial charge in [-0.05, 0) is 38.1 Å². The summed E-state index contributed by atoms with van der Waals surface area (Å²) in [5.41, 5.74) is 2.08. The Hall–Kier alpha value is -4.26. The first-order valence-electron chi connectivity index (χ1n) is 12.5. The zero-order valence-corrected chi connectivity index (χ0v) is 21.4. The Morgan fingerprint density at radius 2 is 1.65 bits per heavy atom. The lowest BCUT2D eigenvalue weighted by molar-refractivity contribution is -0.133. The molecular formula is C30H31N3O4. The quantitative estimate of drug-likeness (QED) is 0.380. The molecule has 7 nitrogen and oxygen atoms in total. The molecule has 190 valence electrons. The van der Waals surface area contributed by atoms with Crippen molar-refractivity contribution in [3.8, 4) is 11.5 Å². The number of hydrogen-bond donors (Lipinski definition) is 1. The van der Waals surface area contributed by atoms with Gasteiger partial charge in [0, 0.05) is 28.6 Å². The zero-order chi connectivity index (χ0) is 26.0. The Bertz CT molecular complexity index is 1460. The molecule has 0 saturated carbocycles. The highest BCUT2D eigenvalue weighted by Crippen LogP contribution is 2.35. The van der Waals surface area contributed by atoms with Crippen LogP contribution in [0.25, 0.3) is 10.9 Å². The second-order valence-corrected chi connectivity index (χ2v) is 9.37. The molecule has 37 heavy (non-hydrogen) atoms. The number of nitrogens with zero attached hydrogens (tertiary/aromatic N) is 2. The Balaban J connectivity index is 1.54. The molecule has 1 atom stereocenters. The van der Waals surface area contributed by atoms with Crippen molar-refractivity contribution in [3.63, 3.8) is 0 Å². The summed E-state index contributed by atoms with van der Waals surface area (Å²) in [6.07, 6.45) is 0. The number of rotatable bonds is 8. The van der Waals surface area contributed by atoms with Crippen molar-refractivity contribution in [3.05, 3.63) is 95.7 Å². The minimum atomic E-state index is -1.15. The van der Waals surface area contributed by atoms with Gasteiger partial charge in [0.05, 0.1) is 26.8 Å². The van der Waals surface area contributed by atoms with E-state index in [0.29, 0.717) is 30.3 Å². The lowest BCUT2D eigenvalue weighted by atomic mass is 9.93. The van der Waals surface area contributed by atoms with Gasteiger partial charge in [-0.15, -0.1) is 0 Å². The van der Waals surface area contributed by atoms with E-state index in [1.165, 1.54) is 0 Å². The predicted octanol–water partition coefficient (Wildman–Crippen LogP) is 4.78. The third-order valence-electron chi connectivity index (χ3n) is 7.06. The molecule has 0 unspecified atom stereocenters. The molecule has 1 N–H and O–H groups in total. The highest BCUT2D eigenvalue weighted by molar-refractivity contribution is 6.03. The van der Waals surface area contributed by atoms with Crippen LogP contribution in [-0.2, 0) is 24.4 Å². The van der Waals surface area contributed by atoms with E-state index in [1.807, 2.05) is 97.3 Å². The number of benzene rings is 3. The first kappa shape index (κ1) is 24.4. The number of carbonyl (C=O) groups is 2. The van der Waals surface area contributed by atoms with Crippen LogP contribution >= 0.6 is 0 Å². The van der Waals surface area contributed by atoms with Gasteiger partial charge < -0.3 is 24.3 Å². The third-order valence-corrected chi connectivity index (χ3v) is 7.06. The fourth-order valence-electron chi connectivity index (χ4n) is 5.07. The number of fused-ring (bicyclic) bond motifs is 3. The fraction of sp³-hybridized carbons (Fsp3) is 0.267. The monoisotopic (exact) mass is 497 g/mol. The summed E-state index contributed by atoms with van der Waals surface area (Å²) in [4.78, 5) is 29.6. The number of hydrogen-bond acceptors (Lipinski definition) is 4. The first-order valence-corrected chi connectivity index (χ1v) is 12.5. The molecule has 0 aliphatic carbocycles. The second-order valence-electron chi connectivity index (χ2n) is 9.37. The van der Waals surface area contributed by atoms with Gasteiger partial charge in [0.1, 0.15) is 22.7 Å². The molecule has 5 rings (SSSR count). The number of methoxy groups -OCH3 is 1. The molecule has 1 aliphatic heterocycles. The number of carbonyl (C=O) groups excluding carboxylic acids is 2. The Morgan fingerprint density at radius 3 is 2.41 bits per heavy atom. The maximum absolute atomic E-state index is 14.0. The van der Waals surface area contributed by atoms with Crippen molar-refractivity contribution >= 4 is 22.7 Å². The summed E-state index contributed by atoms with van der Waals surface area (Å²) < 4.78 is 13.2. The molecule has 0 spiro atoms. The second kappa shape index (κ2) is 10.0. The van der Waals surface area contributed by atoms with Gasteiger partial charge in [0.2, 0.25) is 5.91 Å². The molecule has 4 aromatic rings. The lowest BCUT2D eigenvalue weighted by Crippen LogP contribution is -2.63. The fourth-order valence-corrected chi connectivity index (χ4v) is 5.07. The van der Waals surface area contributed by atoms with Crippen molar-refractivity contribution in [2.75, 3.05) is 13.7 Å². The summed E-state index contributed by atoms with van der Waals surface area (Å²) in [5.74, 6) is 0.988. The smallest absolute Gasteiger partial charge is 0.271 e. The average molecular weight is 498 g/mol. The van der Waals surface area contributed by atoms with Crippen LogP contribution in [0.2, 0.25) is 0 Å². The molecule has 7 heteroatoms. The summed E-state index contributed by atoms with van der Waals surface area (Å²) in [7, 11) is 1.61. The summed E-state index contributed by atoms with van der Waals surface area (Å²) >= 11 is 0. The molecule has 0 saturated heterocycles. The lowest BCUT2D eigenvalue weighted by Gasteiger charge is -2.44. The highest BCUT2D eigenvalue weighted by Gasteiger charge is 2.47. The van der Waals surface area contributed by atoms with Crippen LogP contribution in [0.4, 0.5) is 0 Å². The number of aromatic nitrogens is 1. The molecule has 3 aromatic carbocycles. The van der Waals surface area contributed by atoms with Gasteiger partial charge in [-0.3, -0.25) is 9.59 Å². The molecule has 0 fully saturated rings. The van der Waals surface area contributed by atoms with E-state index in [-0.39, 0.29) is 24.9 Å². The van der Waals surface area contributed by atoms with Gasteiger partial charge in [0.15, 0.2) is 0 Å². The standard InChI is InChI=1S/C30H31N3O4/c1-4-37-27-16-10-7-13-23(27)19-33-28(34)25-17-21-11-5-8-14-24(21)32(25)20-30(33,2)29(35)31-18-22-12-6-9-15-26(22)36-3/h5-17H,4,18-20H2,1-3H3,(H,31,35)/t30-/m1/s1. The molecule has 1 aromatic heterocycles. The van der Waals surface area contributed by atoms with Gasteiger partial charge in [-0.2, -0.15) is 0 Å². The minimum absolute atomic E-state index is 0.191. The largest absolute Gasteiger partial charge is 0.496 e. The van der Waals surface area contributed by atoms with Crippen molar-refractivity contribution in [2.24, 2.45) is 0 Å². The van der Waals surface area contributed by atoms with Crippen LogP contribution in [0.5, 0.6) is 11.5 Å². The highest BCUT2D eigenvalue weighted by atomic mass is 16.5. The van der Waals surface area contributed by atoms with Crippen LogP contribution in [0, 0.1) is 0 Å². The van der Waals surface area contributed by atoms with E-state index >= 15 is 0 Å². The Labute approximate surface area is 216 Å². The molecular weight excluding hydrogens is 466 g/mol. The third kappa shape index (κ3) is 4.42. The molecule has 2 heterocycles. The Kier molecular flexibility index (Phi) is 6.61. The normalized spacial score (nSPS) is 16.9. The van der Waals surface area contributed by atoms with Crippen molar-refractivity contribution < 1.29 is 19.1 Å².